The normalized spacial score (nSPS) is 14.3. The first-order chi connectivity index (χ1) is 29.7. The Kier molecular flexibility index (Phi) is 43.9. The molecule has 0 saturated heterocycles. The summed E-state index contributed by atoms with van der Waals surface area (Å²) in [4.78, 5) is 33.6. The zero-order chi connectivity index (χ0) is 44.8. The Morgan fingerprint density at radius 3 is 1.39 bits per heavy atom. The Labute approximate surface area is 372 Å². The topological polar surface area (TPSA) is 155 Å². The second-order valence-electron chi connectivity index (χ2n) is 16.2. The van der Waals surface area contributed by atoms with Gasteiger partial charge >= 0.3 is 19.8 Å². The van der Waals surface area contributed by atoms with Crippen LogP contribution in [0.4, 0.5) is 0 Å². The number of carbonyl (C=O) groups excluding carboxylic acids is 1. The Morgan fingerprint density at radius 1 is 0.541 bits per heavy atom. The van der Waals surface area contributed by atoms with Crippen LogP contribution < -0.4 is 5.73 Å². The molecule has 0 bridgehead atoms. The lowest BCUT2D eigenvalue weighted by atomic mass is 10.0. The summed E-state index contributed by atoms with van der Waals surface area (Å²) < 4.78 is 33.4. The second-order valence-corrected chi connectivity index (χ2v) is 17.7. The van der Waals surface area contributed by atoms with Gasteiger partial charge in [0.25, 0.3) is 0 Å². The molecule has 0 aliphatic carbocycles. The first kappa shape index (κ1) is 58.7. The SMILES string of the molecule is CC/C=C\C/C=C\C/C=C\C/C=C\C/C=C\CCCCOCC(COP(=O)(O)OCC(N)C(=O)O)OC(=O)CCCCCCCCCCCCCCCCCCCCCCC. The first-order valence-electron chi connectivity index (χ1n) is 24.3. The van der Waals surface area contributed by atoms with Gasteiger partial charge in [0.05, 0.1) is 19.8 Å². The molecule has 0 aromatic carbocycles. The maximum absolute atomic E-state index is 12.7. The van der Waals surface area contributed by atoms with Crippen LogP contribution in [0.2, 0.25) is 0 Å². The molecule has 0 heterocycles. The third kappa shape index (κ3) is 45.5. The number of rotatable bonds is 46. The lowest BCUT2D eigenvalue weighted by molar-refractivity contribution is -0.154. The Morgan fingerprint density at radius 2 is 0.951 bits per heavy atom. The Hall–Kier alpha value is -2.33. The minimum atomic E-state index is -4.63. The number of carboxylic acid groups (broad SMARTS) is 1. The van der Waals surface area contributed by atoms with Gasteiger partial charge in [0.1, 0.15) is 12.1 Å². The zero-order valence-electron chi connectivity index (χ0n) is 38.7. The van der Waals surface area contributed by atoms with Crippen LogP contribution in [-0.2, 0) is 32.7 Å². The number of phosphoric acid groups is 1. The Bertz CT molecular complexity index is 1200. The van der Waals surface area contributed by atoms with Crippen molar-refractivity contribution >= 4 is 19.8 Å². The second kappa shape index (κ2) is 45.7. The van der Waals surface area contributed by atoms with Crippen molar-refractivity contribution in [1.29, 1.82) is 0 Å². The van der Waals surface area contributed by atoms with Crippen molar-refractivity contribution in [2.75, 3.05) is 26.4 Å². The number of carboxylic acids is 1. The highest BCUT2D eigenvalue weighted by atomic mass is 31.2. The van der Waals surface area contributed by atoms with Crippen molar-refractivity contribution in [2.24, 2.45) is 5.73 Å². The van der Waals surface area contributed by atoms with E-state index in [0.717, 1.165) is 70.6 Å². The van der Waals surface area contributed by atoms with Gasteiger partial charge in [-0.15, -0.1) is 0 Å². The maximum Gasteiger partial charge on any atom is 0.472 e. The van der Waals surface area contributed by atoms with E-state index in [-0.39, 0.29) is 13.0 Å². The van der Waals surface area contributed by atoms with Crippen molar-refractivity contribution < 1.29 is 42.7 Å². The summed E-state index contributed by atoms with van der Waals surface area (Å²) in [6, 6.07) is -1.48. The van der Waals surface area contributed by atoms with Crippen LogP contribution in [-0.4, -0.2) is 60.5 Å². The smallest absolute Gasteiger partial charge is 0.472 e. The maximum atomic E-state index is 12.7. The number of phosphoric ester groups is 1. The molecule has 354 valence electrons. The highest BCUT2D eigenvalue weighted by molar-refractivity contribution is 7.47. The lowest BCUT2D eigenvalue weighted by Crippen LogP contribution is -2.34. The molecule has 11 heteroatoms. The van der Waals surface area contributed by atoms with Crippen molar-refractivity contribution in [3.05, 3.63) is 60.8 Å². The van der Waals surface area contributed by atoms with E-state index in [9.17, 15) is 19.0 Å². The average Bonchev–Trinajstić information content (AvgIpc) is 3.24. The van der Waals surface area contributed by atoms with Gasteiger partial charge in [-0.3, -0.25) is 18.6 Å². The fourth-order valence-electron chi connectivity index (χ4n) is 6.57. The minimum Gasteiger partial charge on any atom is -0.480 e. The number of esters is 1. The van der Waals surface area contributed by atoms with E-state index in [1.165, 1.54) is 109 Å². The van der Waals surface area contributed by atoms with Gasteiger partial charge in [0.2, 0.25) is 0 Å². The number of allylic oxidation sites excluding steroid dienone is 10. The molecule has 10 nitrogen and oxygen atoms in total. The summed E-state index contributed by atoms with van der Waals surface area (Å²) in [5.74, 6) is -1.79. The quantitative estimate of drug-likeness (QED) is 0.0233. The van der Waals surface area contributed by atoms with Crippen molar-refractivity contribution in [2.45, 2.75) is 219 Å². The van der Waals surface area contributed by atoms with E-state index in [1.54, 1.807) is 0 Å². The van der Waals surface area contributed by atoms with Crippen molar-refractivity contribution in [3.63, 3.8) is 0 Å². The number of carbonyl (C=O) groups is 2. The van der Waals surface area contributed by atoms with Crippen LogP contribution in [0.5, 0.6) is 0 Å². The molecule has 0 aromatic heterocycles. The number of unbranched alkanes of at least 4 members (excludes halogenated alkanes) is 22. The molecule has 0 radical (unpaired) electrons. The van der Waals surface area contributed by atoms with Crippen LogP contribution >= 0.6 is 7.82 Å². The van der Waals surface area contributed by atoms with Gasteiger partial charge in [0.15, 0.2) is 0 Å². The monoisotopic (exact) mass is 880 g/mol. The van der Waals surface area contributed by atoms with Gasteiger partial charge in [0, 0.05) is 13.0 Å². The molecular weight excluding hydrogens is 790 g/mol. The number of aliphatic carboxylic acids is 1. The third-order valence-corrected chi connectivity index (χ3v) is 11.3. The molecule has 61 heavy (non-hydrogen) atoms. The predicted octanol–water partition coefficient (Wildman–Crippen LogP) is 14.0. The van der Waals surface area contributed by atoms with E-state index in [2.05, 4.69) is 74.6 Å². The van der Waals surface area contributed by atoms with Crippen LogP contribution in [0.15, 0.2) is 60.8 Å². The van der Waals surface area contributed by atoms with E-state index < -0.39 is 45.1 Å². The first-order valence-corrected chi connectivity index (χ1v) is 25.8. The van der Waals surface area contributed by atoms with Crippen molar-refractivity contribution in [3.8, 4) is 0 Å². The fraction of sp³-hybridized carbons (Fsp3) is 0.760. The van der Waals surface area contributed by atoms with Gasteiger partial charge in [-0.25, -0.2) is 4.57 Å². The van der Waals surface area contributed by atoms with Gasteiger partial charge in [-0.2, -0.15) is 0 Å². The van der Waals surface area contributed by atoms with Crippen molar-refractivity contribution in [1.82, 2.24) is 0 Å². The summed E-state index contributed by atoms with van der Waals surface area (Å²) in [6.45, 7) is 3.68. The average molecular weight is 880 g/mol. The molecule has 0 fully saturated rings. The molecule has 0 aliphatic rings. The minimum absolute atomic E-state index is 0.0125. The molecule has 3 atom stereocenters. The van der Waals surface area contributed by atoms with Gasteiger partial charge in [-0.1, -0.05) is 203 Å². The molecule has 0 aliphatic heterocycles. The highest BCUT2D eigenvalue weighted by Crippen LogP contribution is 2.43. The summed E-state index contributed by atoms with van der Waals surface area (Å²) in [6.07, 6.45) is 55.7. The number of nitrogens with two attached hydrogens (primary N) is 1. The number of hydrogen-bond acceptors (Lipinski definition) is 8. The number of ether oxygens (including phenoxy) is 2. The standard InChI is InChI=1S/C50H90NO9P/c1-3-5-7-9-11-13-15-17-19-21-23-24-25-26-28-30-32-34-36-38-40-42-49(52)60-47(45-58-61(55,56)59-46-48(51)50(53)54)44-57-43-41-39-37-35-33-31-29-27-22-20-18-16-14-12-10-8-6-4-2/h6,8,12,14,18,20,27,29,33,35,47-48H,3-5,7,9-11,13,15-17,19,21-26,28,30-32,34,36-46,51H2,1-2H3,(H,53,54)(H,55,56)/b8-6-,14-12-,20-18-,29-27-,35-33-. The van der Waals surface area contributed by atoms with E-state index in [1.807, 2.05) is 0 Å². The van der Waals surface area contributed by atoms with E-state index >= 15 is 0 Å². The van der Waals surface area contributed by atoms with Crippen LogP contribution in [0.25, 0.3) is 0 Å². The summed E-state index contributed by atoms with van der Waals surface area (Å²) >= 11 is 0. The molecule has 0 amide bonds. The lowest BCUT2D eigenvalue weighted by Gasteiger charge is -2.20. The predicted molar refractivity (Wildman–Crippen MR) is 254 cm³/mol. The van der Waals surface area contributed by atoms with Crippen LogP contribution in [0, 0.1) is 0 Å². The molecule has 0 saturated carbocycles. The van der Waals surface area contributed by atoms with E-state index in [0.29, 0.717) is 13.0 Å². The van der Waals surface area contributed by atoms with Gasteiger partial charge < -0.3 is 25.2 Å². The van der Waals surface area contributed by atoms with Gasteiger partial charge in [-0.05, 0) is 57.8 Å². The largest absolute Gasteiger partial charge is 0.480 e. The summed E-state index contributed by atoms with van der Waals surface area (Å²) in [5.41, 5.74) is 5.36. The Balaban J connectivity index is 4.22. The summed E-state index contributed by atoms with van der Waals surface area (Å²) in [5, 5.41) is 8.92. The van der Waals surface area contributed by atoms with Crippen LogP contribution in [0.3, 0.4) is 0 Å². The molecule has 0 rings (SSSR count). The number of hydrogen-bond donors (Lipinski definition) is 3. The molecule has 0 spiro atoms. The highest BCUT2D eigenvalue weighted by Gasteiger charge is 2.27. The summed E-state index contributed by atoms with van der Waals surface area (Å²) in [7, 11) is -4.63. The van der Waals surface area contributed by atoms with E-state index in [4.69, 9.17) is 29.4 Å². The molecular formula is C50H90NO9P. The molecule has 3 unspecified atom stereocenters. The van der Waals surface area contributed by atoms with Crippen LogP contribution in [0.1, 0.15) is 206 Å². The molecule has 4 N–H and O–H groups in total. The third-order valence-electron chi connectivity index (χ3n) is 10.3. The zero-order valence-corrected chi connectivity index (χ0v) is 39.6. The molecule has 0 aromatic rings. The fourth-order valence-corrected chi connectivity index (χ4v) is 7.35.